The van der Waals surface area contributed by atoms with Gasteiger partial charge in [0.25, 0.3) is 0 Å². The Hall–Kier alpha value is -1.12. The predicted molar refractivity (Wildman–Crippen MR) is 49.9 cm³/mol. The van der Waals surface area contributed by atoms with E-state index < -0.39 is 5.41 Å². The summed E-state index contributed by atoms with van der Waals surface area (Å²) in [5.74, 6) is -0.134. The van der Waals surface area contributed by atoms with Crippen LogP contribution in [0.3, 0.4) is 0 Å². The Morgan fingerprint density at radius 1 is 1.31 bits per heavy atom. The molecule has 1 amide bonds. The third-order valence-corrected chi connectivity index (χ3v) is 2.86. The van der Waals surface area contributed by atoms with E-state index in [1.807, 2.05) is 13.8 Å². The van der Waals surface area contributed by atoms with E-state index in [0.717, 1.165) is 0 Å². The molecule has 0 spiro atoms. The highest BCUT2D eigenvalue weighted by atomic mass is 16.2. The molecule has 0 bridgehead atoms. The fourth-order valence-corrected chi connectivity index (χ4v) is 1.75. The second-order valence-corrected chi connectivity index (χ2v) is 3.39. The lowest BCUT2D eigenvalue weighted by molar-refractivity contribution is -0.147. The SMILES string of the molecule is CCC1(CC)C(=O)C=CN(C)C1=O. The first kappa shape index (κ1) is 9.96. The van der Waals surface area contributed by atoms with Crippen LogP contribution in [0.5, 0.6) is 0 Å². The van der Waals surface area contributed by atoms with E-state index >= 15 is 0 Å². The summed E-state index contributed by atoms with van der Waals surface area (Å²) in [6.45, 7) is 3.76. The third-order valence-electron chi connectivity index (χ3n) is 2.86. The van der Waals surface area contributed by atoms with Crippen molar-refractivity contribution in [3.63, 3.8) is 0 Å². The van der Waals surface area contributed by atoms with Gasteiger partial charge in [0, 0.05) is 13.2 Å². The highest BCUT2D eigenvalue weighted by Crippen LogP contribution is 2.32. The molecule has 1 aliphatic heterocycles. The van der Waals surface area contributed by atoms with Crippen LogP contribution in [0.2, 0.25) is 0 Å². The van der Waals surface area contributed by atoms with Gasteiger partial charge in [0.15, 0.2) is 5.78 Å². The van der Waals surface area contributed by atoms with Crippen molar-refractivity contribution >= 4 is 11.7 Å². The number of nitrogens with zero attached hydrogens (tertiary/aromatic N) is 1. The van der Waals surface area contributed by atoms with Gasteiger partial charge in [-0.2, -0.15) is 0 Å². The van der Waals surface area contributed by atoms with E-state index in [9.17, 15) is 9.59 Å². The van der Waals surface area contributed by atoms with Crippen molar-refractivity contribution in [2.24, 2.45) is 5.41 Å². The van der Waals surface area contributed by atoms with E-state index in [1.165, 1.54) is 17.2 Å². The number of hydrogen-bond donors (Lipinski definition) is 0. The highest BCUT2D eigenvalue weighted by molar-refractivity contribution is 6.13. The maximum atomic E-state index is 11.8. The Morgan fingerprint density at radius 3 is 2.23 bits per heavy atom. The molecule has 0 atom stereocenters. The Morgan fingerprint density at radius 2 is 1.85 bits per heavy atom. The summed E-state index contributed by atoms with van der Waals surface area (Å²) >= 11 is 0. The minimum atomic E-state index is -0.788. The first-order valence-corrected chi connectivity index (χ1v) is 4.58. The van der Waals surface area contributed by atoms with Crippen LogP contribution in [0, 0.1) is 5.41 Å². The predicted octanol–water partition coefficient (Wildman–Crippen LogP) is 1.35. The summed E-state index contributed by atoms with van der Waals surface area (Å²) in [6, 6.07) is 0. The van der Waals surface area contributed by atoms with Crippen molar-refractivity contribution in [3.05, 3.63) is 12.3 Å². The van der Waals surface area contributed by atoms with Crippen molar-refractivity contribution in [2.75, 3.05) is 7.05 Å². The molecule has 0 unspecified atom stereocenters. The summed E-state index contributed by atoms with van der Waals surface area (Å²) in [5.41, 5.74) is -0.788. The van der Waals surface area contributed by atoms with E-state index in [2.05, 4.69) is 0 Å². The van der Waals surface area contributed by atoms with Crippen LogP contribution in [-0.2, 0) is 9.59 Å². The average Bonchev–Trinajstić information content (AvgIpc) is 2.15. The van der Waals surface area contributed by atoms with Crippen LogP contribution in [0.25, 0.3) is 0 Å². The van der Waals surface area contributed by atoms with E-state index in [-0.39, 0.29) is 11.7 Å². The maximum Gasteiger partial charge on any atom is 0.240 e. The minimum Gasteiger partial charge on any atom is -0.321 e. The summed E-state index contributed by atoms with van der Waals surface area (Å²) < 4.78 is 0. The molecule has 0 aromatic rings. The Bertz CT molecular complexity index is 264. The first-order chi connectivity index (χ1) is 6.08. The standard InChI is InChI=1S/C10H15NO2/c1-4-10(5-2)8(12)6-7-11(3)9(10)13/h6-7H,4-5H2,1-3H3. The number of allylic oxidation sites excluding steroid dienone is 1. The molecular formula is C10H15NO2. The molecule has 1 aliphatic rings. The molecule has 0 aliphatic carbocycles. The van der Waals surface area contributed by atoms with Gasteiger partial charge in [0.2, 0.25) is 5.91 Å². The van der Waals surface area contributed by atoms with Crippen LogP contribution >= 0.6 is 0 Å². The molecule has 1 heterocycles. The van der Waals surface area contributed by atoms with Gasteiger partial charge in [-0.15, -0.1) is 0 Å². The molecule has 1 rings (SSSR count). The van der Waals surface area contributed by atoms with E-state index in [4.69, 9.17) is 0 Å². The normalized spacial score (nSPS) is 21.0. The van der Waals surface area contributed by atoms with Gasteiger partial charge in [0.1, 0.15) is 5.41 Å². The number of amides is 1. The first-order valence-electron chi connectivity index (χ1n) is 4.58. The summed E-state index contributed by atoms with van der Waals surface area (Å²) in [7, 11) is 1.69. The van der Waals surface area contributed by atoms with Gasteiger partial charge in [-0.1, -0.05) is 13.8 Å². The van der Waals surface area contributed by atoms with E-state index in [1.54, 1.807) is 7.05 Å². The van der Waals surface area contributed by atoms with Gasteiger partial charge < -0.3 is 4.90 Å². The lowest BCUT2D eigenvalue weighted by Crippen LogP contribution is -2.47. The van der Waals surface area contributed by atoms with Crippen molar-refractivity contribution in [3.8, 4) is 0 Å². The van der Waals surface area contributed by atoms with Gasteiger partial charge in [-0.3, -0.25) is 9.59 Å². The monoisotopic (exact) mass is 181 g/mol. The number of hydrogen-bond acceptors (Lipinski definition) is 2. The second-order valence-electron chi connectivity index (χ2n) is 3.39. The Kier molecular flexibility index (Phi) is 2.55. The number of ketones is 1. The van der Waals surface area contributed by atoms with Crippen molar-refractivity contribution in [1.29, 1.82) is 0 Å². The van der Waals surface area contributed by atoms with E-state index in [0.29, 0.717) is 12.8 Å². The minimum absolute atomic E-state index is 0.0550. The lowest BCUT2D eigenvalue weighted by atomic mass is 9.75. The molecule has 0 N–H and O–H groups in total. The van der Waals surface area contributed by atoms with Crippen LogP contribution in [0.1, 0.15) is 26.7 Å². The van der Waals surface area contributed by atoms with Gasteiger partial charge in [-0.25, -0.2) is 0 Å². The fraction of sp³-hybridized carbons (Fsp3) is 0.600. The zero-order valence-corrected chi connectivity index (χ0v) is 8.33. The molecule has 0 aromatic heterocycles. The molecule has 3 nitrogen and oxygen atoms in total. The largest absolute Gasteiger partial charge is 0.321 e. The van der Waals surface area contributed by atoms with Crippen molar-refractivity contribution in [1.82, 2.24) is 4.90 Å². The molecule has 72 valence electrons. The Balaban J connectivity index is 3.13. The highest BCUT2D eigenvalue weighted by Gasteiger charge is 2.44. The molecule has 0 fully saturated rings. The number of carbonyl (C=O) groups is 2. The number of carbonyl (C=O) groups excluding carboxylic acids is 2. The third kappa shape index (κ3) is 1.28. The van der Waals surface area contributed by atoms with Crippen LogP contribution < -0.4 is 0 Å². The molecule has 0 saturated heterocycles. The molecule has 0 aromatic carbocycles. The summed E-state index contributed by atoms with van der Waals surface area (Å²) in [6.07, 6.45) is 4.19. The van der Waals surface area contributed by atoms with Crippen LogP contribution in [0.15, 0.2) is 12.3 Å². The quantitative estimate of drug-likeness (QED) is 0.603. The molecule has 0 saturated carbocycles. The van der Waals surface area contributed by atoms with Crippen LogP contribution in [0.4, 0.5) is 0 Å². The molecular weight excluding hydrogens is 166 g/mol. The molecule has 3 heteroatoms. The summed E-state index contributed by atoms with van der Waals surface area (Å²) in [4.78, 5) is 24.9. The molecule has 0 radical (unpaired) electrons. The fourth-order valence-electron chi connectivity index (χ4n) is 1.75. The van der Waals surface area contributed by atoms with Crippen molar-refractivity contribution in [2.45, 2.75) is 26.7 Å². The maximum absolute atomic E-state index is 11.8. The topological polar surface area (TPSA) is 37.4 Å². The second kappa shape index (κ2) is 3.32. The zero-order valence-electron chi connectivity index (χ0n) is 8.33. The molecule has 13 heavy (non-hydrogen) atoms. The summed E-state index contributed by atoms with van der Waals surface area (Å²) in [5, 5.41) is 0. The van der Waals surface area contributed by atoms with Gasteiger partial charge >= 0.3 is 0 Å². The van der Waals surface area contributed by atoms with Gasteiger partial charge in [-0.05, 0) is 18.9 Å². The van der Waals surface area contributed by atoms with Crippen LogP contribution in [-0.4, -0.2) is 23.6 Å². The zero-order chi connectivity index (χ0) is 10.1. The smallest absolute Gasteiger partial charge is 0.240 e. The average molecular weight is 181 g/mol. The lowest BCUT2D eigenvalue weighted by Gasteiger charge is -2.33. The number of rotatable bonds is 2. The Labute approximate surface area is 78.4 Å². The van der Waals surface area contributed by atoms with Gasteiger partial charge in [0.05, 0.1) is 0 Å². The van der Waals surface area contributed by atoms with Crippen molar-refractivity contribution < 1.29 is 9.59 Å².